The first kappa shape index (κ1) is 15.0. The summed E-state index contributed by atoms with van der Waals surface area (Å²) < 4.78 is 7.02. The summed E-state index contributed by atoms with van der Waals surface area (Å²) in [7, 11) is 1.63. The predicted molar refractivity (Wildman–Crippen MR) is 95.6 cm³/mol. The molecule has 6 heteroatoms. The number of anilines is 1. The number of nitrogens with zero attached hydrogens (tertiary/aromatic N) is 2. The minimum atomic E-state index is -0.515. The highest BCUT2D eigenvalue weighted by molar-refractivity contribution is 7.18. The standard InChI is InChI=1S/C18H17N3O2S/c1-19-18(22)15-10-21(13-7-3-4-8-14(13)23-15)11-17-20-12-6-2-5-9-16(12)24-17/h2-9,15H,10-11H2,1H3,(H,19,22). The van der Waals surface area contributed by atoms with Crippen molar-refractivity contribution in [3.05, 3.63) is 53.5 Å². The number of para-hydroxylation sites is 3. The smallest absolute Gasteiger partial charge is 0.262 e. The number of carbonyl (C=O) groups excluding carboxylic acids is 1. The summed E-state index contributed by atoms with van der Waals surface area (Å²) in [5.41, 5.74) is 2.01. The lowest BCUT2D eigenvalue weighted by atomic mass is 10.2. The predicted octanol–water partition coefficient (Wildman–Crippen LogP) is 2.81. The minimum absolute atomic E-state index is 0.112. The van der Waals surface area contributed by atoms with Gasteiger partial charge in [-0.2, -0.15) is 0 Å². The Morgan fingerprint density at radius 2 is 2.08 bits per heavy atom. The van der Waals surface area contributed by atoms with Crippen LogP contribution in [0.3, 0.4) is 0 Å². The third kappa shape index (κ3) is 2.69. The first-order valence-corrected chi connectivity index (χ1v) is 8.63. The van der Waals surface area contributed by atoms with E-state index in [1.807, 2.05) is 42.5 Å². The number of likely N-dealkylation sites (N-methyl/N-ethyl adjacent to an activating group) is 1. The van der Waals surface area contributed by atoms with Crippen molar-refractivity contribution < 1.29 is 9.53 Å². The fourth-order valence-electron chi connectivity index (χ4n) is 2.91. The van der Waals surface area contributed by atoms with E-state index in [2.05, 4.69) is 16.3 Å². The summed E-state index contributed by atoms with van der Waals surface area (Å²) in [6.07, 6.45) is -0.515. The number of hydrogen-bond acceptors (Lipinski definition) is 5. The number of amides is 1. The molecule has 0 saturated heterocycles. The van der Waals surface area contributed by atoms with Crippen molar-refractivity contribution >= 4 is 33.1 Å². The zero-order valence-corrected chi connectivity index (χ0v) is 14.0. The molecule has 2 aromatic carbocycles. The Bertz CT molecular complexity index is 860. The Balaban J connectivity index is 1.66. The van der Waals surface area contributed by atoms with Crippen LogP contribution < -0.4 is 15.0 Å². The van der Waals surface area contributed by atoms with E-state index in [1.54, 1.807) is 18.4 Å². The molecular formula is C18H17N3O2S. The third-order valence-electron chi connectivity index (χ3n) is 4.06. The zero-order chi connectivity index (χ0) is 16.5. The molecule has 3 aromatic rings. The zero-order valence-electron chi connectivity index (χ0n) is 13.2. The molecule has 0 saturated carbocycles. The number of carbonyl (C=O) groups is 1. The molecule has 0 aliphatic carbocycles. The van der Waals surface area contributed by atoms with E-state index < -0.39 is 6.10 Å². The topological polar surface area (TPSA) is 54.5 Å². The van der Waals surface area contributed by atoms with Gasteiger partial charge in [0.15, 0.2) is 6.10 Å². The first-order valence-electron chi connectivity index (χ1n) is 7.81. The molecular weight excluding hydrogens is 322 g/mol. The van der Waals surface area contributed by atoms with Gasteiger partial charge in [0.05, 0.1) is 29.0 Å². The Hall–Kier alpha value is -2.60. The van der Waals surface area contributed by atoms with Crippen molar-refractivity contribution in [1.82, 2.24) is 10.3 Å². The van der Waals surface area contributed by atoms with Crippen molar-refractivity contribution in [2.75, 3.05) is 18.5 Å². The van der Waals surface area contributed by atoms with Crippen LogP contribution in [0.2, 0.25) is 0 Å². The Kier molecular flexibility index (Phi) is 3.82. The van der Waals surface area contributed by atoms with Gasteiger partial charge in [-0.1, -0.05) is 24.3 Å². The maximum absolute atomic E-state index is 12.0. The van der Waals surface area contributed by atoms with Gasteiger partial charge in [-0.15, -0.1) is 11.3 Å². The number of aromatic nitrogens is 1. The SMILES string of the molecule is CNC(=O)C1CN(Cc2nc3ccccc3s2)c2ccccc2O1. The number of rotatable bonds is 3. The van der Waals surface area contributed by atoms with Gasteiger partial charge in [0, 0.05) is 7.05 Å². The lowest BCUT2D eigenvalue weighted by molar-refractivity contribution is -0.127. The van der Waals surface area contributed by atoms with Crippen LogP contribution in [0.1, 0.15) is 5.01 Å². The van der Waals surface area contributed by atoms with E-state index in [9.17, 15) is 4.79 Å². The molecule has 0 spiro atoms. The average molecular weight is 339 g/mol. The van der Waals surface area contributed by atoms with Crippen molar-refractivity contribution in [2.45, 2.75) is 12.6 Å². The van der Waals surface area contributed by atoms with Crippen molar-refractivity contribution in [3.63, 3.8) is 0 Å². The van der Waals surface area contributed by atoms with Crippen LogP contribution >= 0.6 is 11.3 Å². The largest absolute Gasteiger partial charge is 0.477 e. The van der Waals surface area contributed by atoms with Gasteiger partial charge in [-0.3, -0.25) is 4.79 Å². The highest BCUT2D eigenvalue weighted by atomic mass is 32.1. The van der Waals surface area contributed by atoms with Crippen LogP contribution in [0.25, 0.3) is 10.2 Å². The van der Waals surface area contributed by atoms with Crippen LogP contribution in [0.4, 0.5) is 5.69 Å². The van der Waals surface area contributed by atoms with Gasteiger partial charge in [0.2, 0.25) is 0 Å². The monoisotopic (exact) mass is 339 g/mol. The molecule has 5 nitrogen and oxygen atoms in total. The molecule has 1 aliphatic rings. The van der Waals surface area contributed by atoms with Crippen LogP contribution in [0.5, 0.6) is 5.75 Å². The van der Waals surface area contributed by atoms with E-state index in [1.165, 1.54) is 4.70 Å². The highest BCUT2D eigenvalue weighted by Crippen LogP contribution is 2.35. The van der Waals surface area contributed by atoms with E-state index in [0.717, 1.165) is 22.0 Å². The van der Waals surface area contributed by atoms with Crippen LogP contribution in [0, 0.1) is 0 Å². The summed E-state index contributed by atoms with van der Waals surface area (Å²) >= 11 is 1.69. The molecule has 122 valence electrons. The Morgan fingerprint density at radius 3 is 2.92 bits per heavy atom. The van der Waals surface area contributed by atoms with Gasteiger partial charge in [0.1, 0.15) is 10.8 Å². The number of ether oxygens (including phenoxy) is 1. The molecule has 1 N–H and O–H groups in total. The van der Waals surface area contributed by atoms with Gasteiger partial charge in [-0.25, -0.2) is 4.98 Å². The van der Waals surface area contributed by atoms with Crippen LogP contribution in [0.15, 0.2) is 48.5 Å². The number of thiazole rings is 1. The second-order valence-electron chi connectivity index (χ2n) is 5.64. The summed E-state index contributed by atoms with van der Waals surface area (Å²) in [6, 6.07) is 15.9. The maximum Gasteiger partial charge on any atom is 0.262 e. The molecule has 24 heavy (non-hydrogen) atoms. The first-order chi connectivity index (χ1) is 11.7. The molecule has 1 atom stereocenters. The number of fused-ring (bicyclic) bond motifs is 2. The summed E-state index contributed by atoms with van der Waals surface area (Å²) in [5, 5.41) is 3.70. The molecule has 0 radical (unpaired) electrons. The summed E-state index contributed by atoms with van der Waals surface area (Å²) in [5.74, 6) is 0.622. The van der Waals surface area contributed by atoms with E-state index in [0.29, 0.717) is 13.1 Å². The minimum Gasteiger partial charge on any atom is -0.477 e. The molecule has 1 amide bonds. The number of hydrogen-bond donors (Lipinski definition) is 1. The molecule has 4 rings (SSSR count). The van der Waals surface area contributed by atoms with Crippen molar-refractivity contribution in [2.24, 2.45) is 0 Å². The second-order valence-corrected chi connectivity index (χ2v) is 6.76. The quantitative estimate of drug-likeness (QED) is 0.797. The Morgan fingerprint density at radius 1 is 1.29 bits per heavy atom. The molecule has 1 aliphatic heterocycles. The summed E-state index contributed by atoms with van der Waals surface area (Å²) in [6.45, 7) is 1.17. The van der Waals surface area contributed by atoms with E-state index >= 15 is 0 Å². The lowest BCUT2D eigenvalue weighted by Gasteiger charge is -2.34. The maximum atomic E-state index is 12.0. The lowest BCUT2D eigenvalue weighted by Crippen LogP contribution is -2.47. The normalized spacial score (nSPS) is 16.5. The summed E-state index contributed by atoms with van der Waals surface area (Å²) in [4.78, 5) is 18.9. The molecule has 2 heterocycles. The average Bonchev–Trinajstić information content (AvgIpc) is 3.03. The van der Waals surface area contributed by atoms with E-state index in [-0.39, 0.29) is 5.91 Å². The van der Waals surface area contributed by atoms with E-state index in [4.69, 9.17) is 9.72 Å². The van der Waals surface area contributed by atoms with Gasteiger partial charge in [-0.05, 0) is 24.3 Å². The fraction of sp³-hybridized carbons (Fsp3) is 0.222. The van der Waals surface area contributed by atoms with Gasteiger partial charge >= 0.3 is 0 Å². The molecule has 1 unspecified atom stereocenters. The Labute approximate surface area is 143 Å². The number of benzene rings is 2. The molecule has 1 aromatic heterocycles. The third-order valence-corrected chi connectivity index (χ3v) is 5.09. The second kappa shape index (κ2) is 6.13. The van der Waals surface area contributed by atoms with Crippen molar-refractivity contribution in [1.29, 1.82) is 0 Å². The fourth-order valence-corrected chi connectivity index (χ4v) is 3.89. The van der Waals surface area contributed by atoms with Crippen molar-refractivity contribution in [3.8, 4) is 5.75 Å². The van der Waals surface area contributed by atoms with Crippen LogP contribution in [-0.2, 0) is 11.3 Å². The highest BCUT2D eigenvalue weighted by Gasteiger charge is 2.30. The van der Waals surface area contributed by atoms with Gasteiger partial charge < -0.3 is 15.0 Å². The molecule has 0 bridgehead atoms. The number of nitrogens with one attached hydrogen (secondary N) is 1. The van der Waals surface area contributed by atoms with Gasteiger partial charge in [0.25, 0.3) is 5.91 Å². The molecule has 0 fully saturated rings. The van der Waals surface area contributed by atoms with Crippen LogP contribution in [-0.4, -0.2) is 30.6 Å².